The lowest BCUT2D eigenvalue weighted by Crippen LogP contribution is -2.71. The molecule has 2 heterocycles. The van der Waals surface area contributed by atoms with Crippen LogP contribution in [0.1, 0.15) is 18.5 Å². The molecular weight excluding hydrogens is 450 g/mol. The Bertz CT molecular complexity index is 1080. The zero-order chi connectivity index (χ0) is 22.9. The van der Waals surface area contributed by atoms with Gasteiger partial charge in [0.2, 0.25) is 5.91 Å². The Morgan fingerprint density at radius 2 is 2.00 bits per heavy atom. The number of nitrogens with zero attached hydrogens (tertiary/aromatic N) is 1. The van der Waals surface area contributed by atoms with E-state index >= 15 is 0 Å². The Morgan fingerprint density at radius 1 is 1.35 bits per heavy atom. The van der Waals surface area contributed by atoms with E-state index in [0.717, 1.165) is 4.90 Å². The van der Waals surface area contributed by atoms with E-state index in [-0.39, 0.29) is 11.4 Å². The summed E-state index contributed by atoms with van der Waals surface area (Å²) in [6.45, 7) is 1.74. The Labute approximate surface area is 181 Å². The van der Waals surface area contributed by atoms with Crippen LogP contribution in [0.5, 0.6) is 5.75 Å². The maximum Gasteiger partial charge on any atom is 0.446 e. The van der Waals surface area contributed by atoms with E-state index in [1.165, 1.54) is 36.0 Å². The molecule has 11 nitrogen and oxygen atoms in total. The third kappa shape index (κ3) is 4.74. The van der Waals surface area contributed by atoms with E-state index in [1.807, 2.05) is 0 Å². The summed E-state index contributed by atoms with van der Waals surface area (Å²) in [6.07, 6.45) is 3.32. The van der Waals surface area contributed by atoms with Crippen molar-refractivity contribution in [3.05, 3.63) is 53.3 Å². The third-order valence-corrected chi connectivity index (χ3v) is 6.29. The number of hydrogen-bond acceptors (Lipinski definition) is 8. The van der Waals surface area contributed by atoms with Crippen molar-refractivity contribution in [1.82, 2.24) is 10.2 Å². The molecule has 1 saturated heterocycles. The number of β-lactam (4-membered cyclic amide) rings is 1. The summed E-state index contributed by atoms with van der Waals surface area (Å²) in [5.74, 6) is -2.24. The number of hydrogen-bond donors (Lipinski definition) is 4. The van der Waals surface area contributed by atoms with Gasteiger partial charge in [0.25, 0.3) is 5.91 Å². The zero-order valence-corrected chi connectivity index (χ0v) is 17.7. The molecule has 1 fully saturated rings. The Hall–Kier alpha value is -2.87. The average Bonchev–Trinajstić information content (AvgIpc) is 2.70. The molecule has 0 bridgehead atoms. The molecule has 0 spiro atoms. The second-order valence-corrected chi connectivity index (χ2v) is 8.76. The van der Waals surface area contributed by atoms with Crippen molar-refractivity contribution in [2.45, 2.75) is 24.4 Å². The van der Waals surface area contributed by atoms with Gasteiger partial charge in [-0.3, -0.25) is 19.0 Å². The lowest BCUT2D eigenvalue weighted by atomic mass is 10.0. The second kappa shape index (κ2) is 8.70. The van der Waals surface area contributed by atoms with Gasteiger partial charge in [0.1, 0.15) is 28.9 Å². The number of carbonyl (C=O) groups is 3. The fourth-order valence-electron chi connectivity index (χ4n) is 3.22. The highest BCUT2D eigenvalue weighted by atomic mass is 32.3. The van der Waals surface area contributed by atoms with Crippen molar-refractivity contribution in [2.24, 2.45) is 5.73 Å². The molecule has 31 heavy (non-hydrogen) atoms. The van der Waals surface area contributed by atoms with Gasteiger partial charge in [-0.25, -0.2) is 4.79 Å². The van der Waals surface area contributed by atoms with Gasteiger partial charge in [0.15, 0.2) is 0 Å². The molecule has 3 rings (SSSR count). The third-order valence-electron chi connectivity index (χ3n) is 4.59. The van der Waals surface area contributed by atoms with Crippen molar-refractivity contribution >= 4 is 39.9 Å². The molecule has 0 unspecified atom stereocenters. The van der Waals surface area contributed by atoms with E-state index in [9.17, 15) is 27.9 Å². The van der Waals surface area contributed by atoms with Crippen LogP contribution in [0.3, 0.4) is 0 Å². The van der Waals surface area contributed by atoms with Crippen LogP contribution in [0, 0.1) is 0 Å². The SMILES string of the molecule is C/C=C/C1=C(C(=O)O)N2C(=O)[C@@H](NC(=O)[C@H](N)c3ccc(OS(=O)(=O)O)cc3)[C@H]2SC1. The number of aliphatic carboxylic acids is 1. The van der Waals surface area contributed by atoms with Gasteiger partial charge in [0, 0.05) is 5.75 Å². The minimum Gasteiger partial charge on any atom is -0.477 e. The smallest absolute Gasteiger partial charge is 0.446 e. The monoisotopic (exact) mass is 469 g/mol. The van der Waals surface area contributed by atoms with E-state index in [4.69, 9.17) is 10.3 Å². The quantitative estimate of drug-likeness (QED) is 0.318. The predicted molar refractivity (Wildman–Crippen MR) is 110 cm³/mol. The summed E-state index contributed by atoms with van der Waals surface area (Å²) >= 11 is 1.33. The molecule has 0 radical (unpaired) electrons. The van der Waals surface area contributed by atoms with E-state index in [1.54, 1.807) is 19.1 Å². The lowest BCUT2D eigenvalue weighted by molar-refractivity contribution is -0.150. The maximum absolute atomic E-state index is 12.6. The summed E-state index contributed by atoms with van der Waals surface area (Å²) < 4.78 is 34.4. The lowest BCUT2D eigenvalue weighted by Gasteiger charge is -2.49. The van der Waals surface area contributed by atoms with Crippen molar-refractivity contribution in [1.29, 1.82) is 0 Å². The van der Waals surface area contributed by atoms with Gasteiger partial charge in [-0.2, -0.15) is 8.42 Å². The topological polar surface area (TPSA) is 176 Å². The largest absolute Gasteiger partial charge is 0.477 e. The normalized spacial score (nSPS) is 22.0. The van der Waals surface area contributed by atoms with Gasteiger partial charge in [0.05, 0.1) is 0 Å². The predicted octanol–water partition coefficient (Wildman–Crippen LogP) is 0.183. The number of carboxylic acids is 1. The number of thioether (sulfide) groups is 1. The van der Waals surface area contributed by atoms with E-state index < -0.39 is 45.6 Å². The fraction of sp³-hybridized carbons (Fsp3) is 0.278. The first-order valence-electron chi connectivity index (χ1n) is 8.90. The van der Waals surface area contributed by atoms with Crippen LogP contribution in [0.25, 0.3) is 0 Å². The first-order valence-corrected chi connectivity index (χ1v) is 11.3. The van der Waals surface area contributed by atoms with Gasteiger partial charge >= 0.3 is 16.4 Å². The van der Waals surface area contributed by atoms with Crippen LogP contribution in [0.4, 0.5) is 0 Å². The number of nitrogens with one attached hydrogen (secondary N) is 1. The molecule has 3 atom stereocenters. The minimum atomic E-state index is -4.68. The summed E-state index contributed by atoms with van der Waals surface area (Å²) in [5.41, 5.74) is 6.65. The van der Waals surface area contributed by atoms with Crippen molar-refractivity contribution < 1.29 is 36.6 Å². The molecule has 2 aliphatic heterocycles. The van der Waals surface area contributed by atoms with Crippen LogP contribution >= 0.6 is 11.8 Å². The molecule has 0 aliphatic carbocycles. The molecule has 1 aromatic carbocycles. The molecule has 0 saturated carbocycles. The van der Waals surface area contributed by atoms with E-state index in [2.05, 4.69) is 9.50 Å². The highest BCUT2D eigenvalue weighted by Crippen LogP contribution is 2.40. The number of allylic oxidation sites excluding steroid dienone is 2. The van der Waals surface area contributed by atoms with Gasteiger partial charge in [-0.1, -0.05) is 24.3 Å². The Balaban J connectivity index is 1.69. The second-order valence-electron chi connectivity index (χ2n) is 6.63. The Morgan fingerprint density at radius 3 is 2.55 bits per heavy atom. The van der Waals surface area contributed by atoms with Crippen LogP contribution in [-0.4, -0.2) is 57.9 Å². The van der Waals surface area contributed by atoms with Crippen LogP contribution < -0.4 is 15.2 Å². The zero-order valence-electron chi connectivity index (χ0n) is 16.1. The molecule has 0 aromatic heterocycles. The number of amides is 2. The first-order chi connectivity index (χ1) is 14.5. The average molecular weight is 469 g/mol. The molecule has 1 aromatic rings. The number of carboxylic acid groups (broad SMARTS) is 1. The van der Waals surface area contributed by atoms with Crippen LogP contribution in [0.15, 0.2) is 47.7 Å². The summed E-state index contributed by atoms with van der Waals surface area (Å²) in [7, 11) is -4.68. The molecule has 13 heteroatoms. The Kier molecular flexibility index (Phi) is 6.40. The highest BCUT2D eigenvalue weighted by Gasteiger charge is 2.54. The number of rotatable bonds is 7. The van der Waals surface area contributed by atoms with E-state index in [0.29, 0.717) is 16.9 Å². The van der Waals surface area contributed by atoms with Crippen LogP contribution in [0.2, 0.25) is 0 Å². The summed E-state index contributed by atoms with van der Waals surface area (Å²) in [5, 5.41) is 11.5. The number of nitrogens with two attached hydrogens (primary N) is 1. The molecular formula is C18H19N3O8S2. The molecule has 2 aliphatic rings. The standard InChI is InChI=1S/C18H19N3O8S2/c1-2-3-10-8-30-17-13(16(23)21(17)14(10)18(24)25)20-15(22)12(19)9-4-6-11(7-5-9)29-31(26,27)28/h2-7,12-13,17H,8,19H2,1H3,(H,20,22)(H,24,25)(H,26,27,28)/b3-2+/t12-,13-,17-/m1/s1. The number of benzene rings is 1. The molecule has 2 amide bonds. The highest BCUT2D eigenvalue weighted by molar-refractivity contribution is 8.00. The van der Waals surface area contributed by atoms with Crippen molar-refractivity contribution in [3.63, 3.8) is 0 Å². The van der Waals surface area contributed by atoms with Gasteiger partial charge in [-0.15, -0.1) is 11.8 Å². The van der Waals surface area contributed by atoms with Gasteiger partial charge in [-0.05, 0) is 30.2 Å². The summed E-state index contributed by atoms with van der Waals surface area (Å²) in [6, 6.07) is 2.98. The molecule has 166 valence electrons. The number of fused-ring (bicyclic) bond motifs is 1. The van der Waals surface area contributed by atoms with Gasteiger partial charge < -0.3 is 20.3 Å². The maximum atomic E-state index is 12.6. The molecule has 5 N–H and O–H groups in total. The van der Waals surface area contributed by atoms with Crippen molar-refractivity contribution in [3.8, 4) is 5.75 Å². The first kappa shape index (κ1) is 22.8. The fourth-order valence-corrected chi connectivity index (χ4v) is 4.89. The van der Waals surface area contributed by atoms with Crippen molar-refractivity contribution in [2.75, 3.05) is 5.75 Å². The number of carbonyl (C=O) groups excluding carboxylic acids is 2. The minimum absolute atomic E-state index is 0.101. The summed E-state index contributed by atoms with van der Waals surface area (Å²) in [4.78, 5) is 37.9. The van der Waals surface area contributed by atoms with Crippen LogP contribution in [-0.2, 0) is 24.8 Å².